The summed E-state index contributed by atoms with van der Waals surface area (Å²) in [6.07, 6.45) is -0.208. The Balaban J connectivity index is 2.06. The molecule has 8 heteroatoms. The van der Waals surface area contributed by atoms with Gasteiger partial charge in [0.1, 0.15) is 6.10 Å². The van der Waals surface area contributed by atoms with Crippen LogP contribution in [0.25, 0.3) is 0 Å². The van der Waals surface area contributed by atoms with Crippen LogP contribution in [0.4, 0.5) is 10.6 Å². The zero-order chi connectivity index (χ0) is 18.0. The first kappa shape index (κ1) is 18.3. The summed E-state index contributed by atoms with van der Waals surface area (Å²) in [7, 11) is 3.90. The number of amides is 2. The largest absolute Gasteiger partial charge is 0.445 e. The van der Waals surface area contributed by atoms with Crippen molar-refractivity contribution in [2.75, 3.05) is 19.4 Å². The molecule has 0 radical (unpaired) electrons. The molecule has 8 nitrogen and oxygen atoms in total. The van der Waals surface area contributed by atoms with E-state index in [2.05, 4.69) is 15.5 Å². The number of H-pyrrole nitrogens is 1. The van der Waals surface area contributed by atoms with Crippen LogP contribution < -0.4 is 5.32 Å². The van der Waals surface area contributed by atoms with E-state index in [9.17, 15) is 9.59 Å². The van der Waals surface area contributed by atoms with Gasteiger partial charge in [0.25, 0.3) is 0 Å². The molecule has 0 aliphatic carbocycles. The molecule has 1 aliphatic heterocycles. The van der Waals surface area contributed by atoms with E-state index >= 15 is 0 Å². The van der Waals surface area contributed by atoms with Crippen LogP contribution in [0.15, 0.2) is 0 Å². The van der Waals surface area contributed by atoms with Gasteiger partial charge in [-0.2, -0.15) is 5.10 Å². The Morgan fingerprint density at radius 3 is 2.71 bits per heavy atom. The first-order valence-corrected chi connectivity index (χ1v) is 8.26. The van der Waals surface area contributed by atoms with Crippen molar-refractivity contribution in [3.05, 3.63) is 11.3 Å². The first-order valence-electron chi connectivity index (χ1n) is 8.26. The molecule has 2 rings (SSSR count). The number of nitrogens with one attached hydrogen (secondary N) is 2. The number of carbonyl (C=O) groups is 2. The summed E-state index contributed by atoms with van der Waals surface area (Å²) >= 11 is 0. The van der Waals surface area contributed by atoms with E-state index in [1.54, 1.807) is 11.8 Å². The predicted molar refractivity (Wildman–Crippen MR) is 90.6 cm³/mol. The van der Waals surface area contributed by atoms with E-state index in [1.165, 1.54) is 0 Å². The minimum atomic E-state index is -0.360. The summed E-state index contributed by atoms with van der Waals surface area (Å²) in [4.78, 5) is 27.8. The van der Waals surface area contributed by atoms with Crippen LogP contribution in [0.5, 0.6) is 0 Å². The monoisotopic (exact) mass is 337 g/mol. The Morgan fingerprint density at radius 2 is 2.12 bits per heavy atom. The summed E-state index contributed by atoms with van der Waals surface area (Å²) in [6.45, 7) is 7.96. The lowest BCUT2D eigenvalue weighted by Gasteiger charge is -2.29. The fourth-order valence-corrected chi connectivity index (χ4v) is 2.64. The number of rotatable bonds is 5. The summed E-state index contributed by atoms with van der Waals surface area (Å²) < 4.78 is 5.59. The van der Waals surface area contributed by atoms with Crippen LogP contribution in [0.2, 0.25) is 0 Å². The fourth-order valence-electron chi connectivity index (χ4n) is 2.64. The number of nitrogens with zero attached hydrogens (tertiary/aromatic N) is 3. The highest BCUT2D eigenvalue weighted by molar-refractivity contribution is 5.90. The van der Waals surface area contributed by atoms with E-state index in [4.69, 9.17) is 4.74 Å². The van der Waals surface area contributed by atoms with Crippen molar-refractivity contribution in [2.24, 2.45) is 0 Å². The highest BCUT2D eigenvalue weighted by atomic mass is 16.6. The third-order valence-corrected chi connectivity index (χ3v) is 4.71. The van der Waals surface area contributed by atoms with Crippen LogP contribution in [0, 0.1) is 0 Å². The number of hydrogen-bond acceptors (Lipinski definition) is 5. The zero-order valence-corrected chi connectivity index (χ0v) is 15.2. The van der Waals surface area contributed by atoms with Crippen molar-refractivity contribution in [1.82, 2.24) is 20.0 Å². The van der Waals surface area contributed by atoms with Crippen LogP contribution in [-0.4, -0.2) is 58.2 Å². The summed E-state index contributed by atoms with van der Waals surface area (Å²) in [5.41, 5.74) is 1.68. The number of aromatic amines is 1. The van der Waals surface area contributed by atoms with E-state index < -0.39 is 0 Å². The smallest absolute Gasteiger partial charge is 0.410 e. The van der Waals surface area contributed by atoms with Crippen molar-refractivity contribution in [2.45, 2.75) is 58.8 Å². The minimum Gasteiger partial charge on any atom is -0.445 e. The Labute approximate surface area is 142 Å². The number of aromatic nitrogens is 2. The van der Waals surface area contributed by atoms with Gasteiger partial charge in [-0.05, 0) is 34.9 Å². The van der Waals surface area contributed by atoms with E-state index in [1.807, 2.05) is 39.8 Å². The molecule has 0 aromatic carbocycles. The van der Waals surface area contributed by atoms with Gasteiger partial charge in [0.05, 0.1) is 18.3 Å². The van der Waals surface area contributed by atoms with Crippen molar-refractivity contribution < 1.29 is 14.3 Å². The molecular weight excluding hydrogens is 310 g/mol. The SMILES string of the molecule is CCC(=O)Nc1n[nH]c2c1CN(C(=O)OC(C)C(C)N(C)C)C2C. The number of carbonyl (C=O) groups excluding carboxylic acids is 2. The molecule has 2 N–H and O–H groups in total. The van der Waals surface area contributed by atoms with Gasteiger partial charge < -0.3 is 15.0 Å². The molecule has 2 amide bonds. The lowest BCUT2D eigenvalue weighted by molar-refractivity contribution is -0.115. The Morgan fingerprint density at radius 1 is 1.46 bits per heavy atom. The average Bonchev–Trinajstić information content (AvgIpc) is 3.07. The summed E-state index contributed by atoms with van der Waals surface area (Å²) in [6, 6.07) is -0.0557. The number of fused-ring (bicyclic) bond motifs is 1. The number of likely N-dealkylation sites (N-methyl/N-ethyl adjacent to an activating group) is 1. The normalized spacial score (nSPS) is 19.1. The molecule has 0 fully saturated rings. The van der Waals surface area contributed by atoms with Gasteiger partial charge in [-0.1, -0.05) is 6.92 Å². The molecule has 24 heavy (non-hydrogen) atoms. The second-order valence-electron chi connectivity index (χ2n) is 6.46. The number of anilines is 1. The van der Waals surface area contributed by atoms with Gasteiger partial charge in [0.2, 0.25) is 5.91 Å². The molecular formula is C16H27N5O3. The molecule has 2 heterocycles. The Kier molecular flexibility index (Phi) is 5.48. The molecule has 1 aliphatic rings. The van der Waals surface area contributed by atoms with Crippen LogP contribution in [0.1, 0.15) is 51.4 Å². The van der Waals surface area contributed by atoms with Crippen LogP contribution >= 0.6 is 0 Å². The second-order valence-corrected chi connectivity index (χ2v) is 6.46. The highest BCUT2D eigenvalue weighted by Gasteiger charge is 2.36. The fraction of sp³-hybridized carbons (Fsp3) is 0.688. The molecule has 1 aromatic rings. The average molecular weight is 337 g/mol. The molecule has 0 spiro atoms. The molecule has 0 bridgehead atoms. The third-order valence-electron chi connectivity index (χ3n) is 4.71. The van der Waals surface area contributed by atoms with Crippen LogP contribution in [-0.2, 0) is 16.1 Å². The van der Waals surface area contributed by atoms with E-state index in [-0.39, 0.29) is 30.2 Å². The summed E-state index contributed by atoms with van der Waals surface area (Å²) in [5.74, 6) is 0.389. The van der Waals surface area contributed by atoms with Gasteiger partial charge in [-0.25, -0.2) is 4.79 Å². The standard InChI is InChI=1S/C16H27N5O3/c1-7-13(22)17-15-12-8-21(10(3)14(12)18-19-15)16(23)24-11(4)9(2)20(5)6/h9-11H,7-8H2,1-6H3,(H2,17,18,19,22). The molecule has 1 aromatic heterocycles. The van der Waals surface area contributed by atoms with Crippen molar-refractivity contribution in [3.8, 4) is 0 Å². The van der Waals surface area contributed by atoms with E-state index in [0.29, 0.717) is 18.8 Å². The molecule has 134 valence electrons. The van der Waals surface area contributed by atoms with Gasteiger partial charge in [-0.3, -0.25) is 14.8 Å². The topological polar surface area (TPSA) is 90.6 Å². The highest BCUT2D eigenvalue weighted by Crippen LogP contribution is 2.36. The first-order chi connectivity index (χ1) is 11.3. The molecule has 0 saturated heterocycles. The Bertz CT molecular complexity index is 613. The van der Waals surface area contributed by atoms with Crippen molar-refractivity contribution in [1.29, 1.82) is 0 Å². The van der Waals surface area contributed by atoms with Gasteiger partial charge in [0, 0.05) is 18.0 Å². The second kappa shape index (κ2) is 7.21. The number of ether oxygens (including phenoxy) is 1. The van der Waals surface area contributed by atoms with Gasteiger partial charge in [0.15, 0.2) is 5.82 Å². The maximum atomic E-state index is 12.5. The predicted octanol–water partition coefficient (Wildman–Crippen LogP) is 2.11. The maximum Gasteiger partial charge on any atom is 0.410 e. The van der Waals surface area contributed by atoms with E-state index in [0.717, 1.165) is 11.3 Å². The molecule has 3 unspecified atom stereocenters. The maximum absolute atomic E-state index is 12.5. The van der Waals surface area contributed by atoms with Crippen molar-refractivity contribution in [3.63, 3.8) is 0 Å². The lowest BCUT2D eigenvalue weighted by atomic mass is 10.2. The Hall–Kier alpha value is -2.09. The third kappa shape index (κ3) is 3.53. The van der Waals surface area contributed by atoms with Gasteiger partial charge >= 0.3 is 6.09 Å². The molecule has 3 atom stereocenters. The zero-order valence-electron chi connectivity index (χ0n) is 15.2. The number of hydrogen-bond donors (Lipinski definition) is 2. The van der Waals surface area contributed by atoms with Crippen molar-refractivity contribution >= 4 is 17.8 Å². The summed E-state index contributed by atoms with van der Waals surface area (Å²) in [5, 5.41) is 9.82. The minimum absolute atomic E-state index is 0.105. The molecule has 0 saturated carbocycles. The lowest BCUT2D eigenvalue weighted by Crippen LogP contribution is -2.40. The van der Waals surface area contributed by atoms with Crippen LogP contribution in [0.3, 0.4) is 0 Å². The van der Waals surface area contributed by atoms with Gasteiger partial charge in [-0.15, -0.1) is 0 Å². The quantitative estimate of drug-likeness (QED) is 0.859.